The third-order valence-corrected chi connectivity index (χ3v) is 4.09. The molecule has 2 atom stereocenters. The normalized spacial score (nSPS) is 26.4. The third-order valence-electron chi connectivity index (χ3n) is 3.55. The quantitative estimate of drug-likeness (QED) is 0.639. The Bertz CT molecular complexity index is 443. The van der Waals surface area contributed by atoms with Crippen LogP contribution < -0.4 is 10.6 Å². The largest absolute Gasteiger partial charge is 0.376 e. The van der Waals surface area contributed by atoms with E-state index in [1.807, 2.05) is 12.3 Å². The summed E-state index contributed by atoms with van der Waals surface area (Å²) in [5.74, 6) is 1.72. The second-order valence-corrected chi connectivity index (χ2v) is 5.73. The van der Waals surface area contributed by atoms with Crippen molar-refractivity contribution in [1.82, 2.24) is 9.97 Å². The minimum absolute atomic E-state index is 0.0620. The molecule has 106 valence electrons. The lowest BCUT2D eigenvalue weighted by Crippen LogP contribution is -2.41. The van der Waals surface area contributed by atoms with Gasteiger partial charge in [-0.2, -0.15) is 0 Å². The van der Waals surface area contributed by atoms with E-state index in [2.05, 4.69) is 41.4 Å². The number of anilines is 2. The van der Waals surface area contributed by atoms with Crippen LogP contribution in [0.25, 0.3) is 0 Å². The van der Waals surface area contributed by atoms with Gasteiger partial charge in [0.25, 0.3) is 0 Å². The Kier molecular flexibility index (Phi) is 4.52. The number of nitrogens with one attached hydrogen (secondary N) is 2. The van der Waals surface area contributed by atoms with E-state index < -0.39 is 0 Å². The van der Waals surface area contributed by atoms with Crippen molar-refractivity contribution in [3.05, 3.63) is 6.07 Å². The van der Waals surface area contributed by atoms with Gasteiger partial charge in [0.1, 0.15) is 11.6 Å². The monoisotopic (exact) mass is 282 g/mol. The zero-order chi connectivity index (χ0) is 13.9. The van der Waals surface area contributed by atoms with Crippen LogP contribution in [-0.4, -0.2) is 41.0 Å². The molecule has 0 bridgehead atoms. The molecule has 1 aliphatic rings. The second-order valence-electron chi connectivity index (χ2n) is 4.96. The highest BCUT2D eigenvalue weighted by atomic mass is 32.2. The Balaban J connectivity index is 2.21. The molecule has 0 radical (unpaired) electrons. The first-order chi connectivity index (χ1) is 9.07. The molecule has 0 saturated carbocycles. The molecule has 2 rings (SSSR count). The van der Waals surface area contributed by atoms with Gasteiger partial charge in [0.15, 0.2) is 5.16 Å². The van der Waals surface area contributed by atoms with Gasteiger partial charge >= 0.3 is 0 Å². The summed E-state index contributed by atoms with van der Waals surface area (Å²) < 4.78 is 5.65. The molecule has 19 heavy (non-hydrogen) atoms. The van der Waals surface area contributed by atoms with Crippen molar-refractivity contribution < 1.29 is 4.74 Å². The molecule has 0 amide bonds. The van der Waals surface area contributed by atoms with Crippen molar-refractivity contribution in [2.45, 2.75) is 44.0 Å². The van der Waals surface area contributed by atoms with E-state index in [-0.39, 0.29) is 11.6 Å². The summed E-state index contributed by atoms with van der Waals surface area (Å²) in [6.45, 7) is 7.98. The van der Waals surface area contributed by atoms with Gasteiger partial charge < -0.3 is 15.4 Å². The summed E-state index contributed by atoms with van der Waals surface area (Å²) in [4.78, 5) is 8.95. The summed E-state index contributed by atoms with van der Waals surface area (Å²) in [7, 11) is 0. The predicted molar refractivity (Wildman–Crippen MR) is 80.0 cm³/mol. The first kappa shape index (κ1) is 14.4. The van der Waals surface area contributed by atoms with Gasteiger partial charge in [-0.25, -0.2) is 9.97 Å². The molecule has 6 heteroatoms. The van der Waals surface area contributed by atoms with Gasteiger partial charge in [0.05, 0.1) is 11.6 Å². The number of aromatic nitrogens is 2. The number of hydrogen-bond donors (Lipinski definition) is 2. The minimum atomic E-state index is -0.0620. The van der Waals surface area contributed by atoms with E-state index in [1.165, 1.54) is 0 Å². The maximum Gasteiger partial charge on any atom is 0.191 e. The predicted octanol–water partition coefficient (Wildman–Crippen LogP) is 2.61. The molecule has 0 aromatic carbocycles. The lowest BCUT2D eigenvalue weighted by Gasteiger charge is -2.29. The molecule has 5 nitrogen and oxygen atoms in total. The highest BCUT2D eigenvalue weighted by molar-refractivity contribution is 7.98. The highest BCUT2D eigenvalue weighted by Crippen LogP contribution is 2.30. The summed E-state index contributed by atoms with van der Waals surface area (Å²) in [5.41, 5.74) is -0.0620. The van der Waals surface area contributed by atoms with Crippen molar-refractivity contribution in [3.63, 3.8) is 0 Å². The summed E-state index contributed by atoms with van der Waals surface area (Å²) >= 11 is 1.55. The molecule has 1 saturated heterocycles. The molecule has 1 aromatic heterocycles. The number of hydrogen-bond acceptors (Lipinski definition) is 6. The van der Waals surface area contributed by atoms with Crippen LogP contribution in [0.15, 0.2) is 11.2 Å². The van der Waals surface area contributed by atoms with Crippen LogP contribution >= 0.6 is 11.8 Å². The number of rotatable bonds is 5. The van der Waals surface area contributed by atoms with Crippen LogP contribution in [0.3, 0.4) is 0 Å². The van der Waals surface area contributed by atoms with Crippen molar-refractivity contribution >= 4 is 23.4 Å². The molecule has 0 spiro atoms. The molecule has 1 aromatic rings. The van der Waals surface area contributed by atoms with Crippen molar-refractivity contribution in [2.75, 3.05) is 30.0 Å². The number of thioether (sulfide) groups is 1. The van der Waals surface area contributed by atoms with E-state index in [4.69, 9.17) is 4.74 Å². The Hall–Kier alpha value is -1.01. The van der Waals surface area contributed by atoms with Gasteiger partial charge in [0.2, 0.25) is 0 Å². The van der Waals surface area contributed by atoms with Gasteiger partial charge in [-0.05, 0) is 33.4 Å². The molecular formula is C13H22N4OS. The molecular weight excluding hydrogens is 260 g/mol. The molecule has 2 heterocycles. The lowest BCUT2D eigenvalue weighted by atomic mass is 9.95. The van der Waals surface area contributed by atoms with Crippen molar-refractivity contribution in [3.8, 4) is 0 Å². The molecule has 2 unspecified atom stereocenters. The first-order valence-corrected chi connectivity index (χ1v) is 7.86. The van der Waals surface area contributed by atoms with Gasteiger partial charge in [-0.3, -0.25) is 0 Å². The molecule has 1 fully saturated rings. The fourth-order valence-electron chi connectivity index (χ4n) is 2.14. The zero-order valence-electron chi connectivity index (χ0n) is 12.0. The Morgan fingerprint density at radius 1 is 1.47 bits per heavy atom. The average Bonchev–Trinajstić information content (AvgIpc) is 2.69. The van der Waals surface area contributed by atoms with Crippen molar-refractivity contribution in [1.29, 1.82) is 0 Å². The van der Waals surface area contributed by atoms with Crippen LogP contribution in [0, 0.1) is 0 Å². The smallest absolute Gasteiger partial charge is 0.191 e. The van der Waals surface area contributed by atoms with Gasteiger partial charge in [0, 0.05) is 19.2 Å². The van der Waals surface area contributed by atoms with Crippen LogP contribution in [-0.2, 0) is 4.74 Å². The van der Waals surface area contributed by atoms with Crippen LogP contribution in [0.1, 0.15) is 27.2 Å². The zero-order valence-corrected chi connectivity index (χ0v) is 12.8. The minimum Gasteiger partial charge on any atom is -0.376 e. The average molecular weight is 282 g/mol. The van der Waals surface area contributed by atoms with Crippen molar-refractivity contribution in [2.24, 2.45) is 0 Å². The number of nitrogens with zero attached hydrogens (tertiary/aromatic N) is 2. The molecule has 2 N–H and O–H groups in total. The summed E-state index contributed by atoms with van der Waals surface area (Å²) in [5, 5.41) is 7.52. The van der Waals surface area contributed by atoms with Gasteiger partial charge in [-0.1, -0.05) is 11.8 Å². The number of ether oxygens (including phenoxy) is 1. The van der Waals surface area contributed by atoms with E-state index in [1.54, 1.807) is 11.8 Å². The van der Waals surface area contributed by atoms with Gasteiger partial charge in [-0.15, -0.1) is 0 Å². The van der Waals surface area contributed by atoms with Crippen LogP contribution in [0.2, 0.25) is 0 Å². The van der Waals surface area contributed by atoms with E-state index in [0.717, 1.165) is 36.4 Å². The maximum absolute atomic E-state index is 5.65. The standard InChI is InChI=1S/C13H22N4OS/c1-5-14-10-8-11(16-12(15-10)19-4)17-13(3)6-7-18-9(13)2/h8-9H,5-7H2,1-4H3,(H2,14,15,16,17). The first-order valence-electron chi connectivity index (χ1n) is 6.64. The van der Waals surface area contributed by atoms with Crippen LogP contribution in [0.4, 0.5) is 11.6 Å². The fraction of sp³-hybridized carbons (Fsp3) is 0.692. The van der Waals surface area contributed by atoms with Crippen LogP contribution in [0.5, 0.6) is 0 Å². The SMILES string of the molecule is CCNc1cc(NC2(C)CCOC2C)nc(SC)n1. The topological polar surface area (TPSA) is 59.1 Å². The molecule has 1 aliphatic heterocycles. The van der Waals surface area contributed by atoms with E-state index >= 15 is 0 Å². The lowest BCUT2D eigenvalue weighted by molar-refractivity contribution is 0.105. The van der Waals surface area contributed by atoms with E-state index in [0.29, 0.717) is 0 Å². The maximum atomic E-state index is 5.65. The summed E-state index contributed by atoms with van der Waals surface area (Å²) in [6.07, 6.45) is 3.16. The molecule has 0 aliphatic carbocycles. The Labute approximate surface area is 118 Å². The third kappa shape index (κ3) is 3.30. The fourth-order valence-corrected chi connectivity index (χ4v) is 2.52. The van der Waals surface area contributed by atoms with E-state index in [9.17, 15) is 0 Å². The highest BCUT2D eigenvalue weighted by Gasteiger charge is 2.37. The Morgan fingerprint density at radius 3 is 2.79 bits per heavy atom. The second kappa shape index (κ2) is 5.96. The Morgan fingerprint density at radius 2 is 2.21 bits per heavy atom. The summed E-state index contributed by atoms with van der Waals surface area (Å²) in [6, 6.07) is 1.96.